The van der Waals surface area contributed by atoms with Gasteiger partial charge in [0.2, 0.25) is 5.91 Å². The van der Waals surface area contributed by atoms with Crippen LogP contribution in [0.3, 0.4) is 0 Å². The Morgan fingerprint density at radius 1 is 1.03 bits per heavy atom. The maximum absolute atomic E-state index is 13.0. The van der Waals surface area contributed by atoms with Crippen molar-refractivity contribution in [2.45, 2.75) is 31.7 Å². The van der Waals surface area contributed by atoms with E-state index in [0.29, 0.717) is 6.04 Å². The number of hydrogen-bond acceptors (Lipinski definition) is 3. The van der Waals surface area contributed by atoms with Gasteiger partial charge in [0.25, 0.3) is 0 Å². The zero-order valence-corrected chi connectivity index (χ0v) is 16.5. The number of amides is 1. The molecule has 0 unspecified atom stereocenters. The van der Waals surface area contributed by atoms with Gasteiger partial charge in [-0.3, -0.25) is 9.69 Å². The Bertz CT molecular complexity index is 973. The van der Waals surface area contributed by atoms with Crippen molar-refractivity contribution in [3.63, 3.8) is 0 Å². The van der Waals surface area contributed by atoms with E-state index in [9.17, 15) is 4.79 Å². The Morgan fingerprint density at radius 3 is 2.62 bits per heavy atom. The number of nitrogens with zero attached hydrogens (tertiary/aromatic N) is 3. The van der Waals surface area contributed by atoms with Crippen molar-refractivity contribution < 1.29 is 4.79 Å². The fourth-order valence-electron chi connectivity index (χ4n) is 4.74. The summed E-state index contributed by atoms with van der Waals surface area (Å²) < 4.78 is 1.80. The van der Waals surface area contributed by atoms with Crippen molar-refractivity contribution in [2.75, 3.05) is 18.4 Å². The number of nitrogens with one attached hydrogen (secondary N) is 1. The summed E-state index contributed by atoms with van der Waals surface area (Å²) in [7, 11) is 0. The SMILES string of the molecule is O=C(Nc1cccc(-n2cccn2)c1)[C@@H]1CCCN(C2Cc3ccccc3C2)C1. The molecule has 5 heteroatoms. The molecule has 1 atom stereocenters. The lowest BCUT2D eigenvalue weighted by atomic mass is 9.95. The van der Waals surface area contributed by atoms with Gasteiger partial charge in [-0.05, 0) is 67.6 Å². The number of carbonyl (C=O) groups excluding carboxylic acids is 1. The molecular weight excluding hydrogens is 360 g/mol. The van der Waals surface area contributed by atoms with Crippen LogP contribution >= 0.6 is 0 Å². The van der Waals surface area contributed by atoms with Crippen LogP contribution in [0.1, 0.15) is 24.0 Å². The lowest BCUT2D eigenvalue weighted by molar-refractivity contribution is -0.121. The molecule has 3 aromatic rings. The molecule has 1 aliphatic carbocycles. The molecule has 0 radical (unpaired) electrons. The highest BCUT2D eigenvalue weighted by molar-refractivity contribution is 5.93. The molecule has 5 rings (SSSR count). The third kappa shape index (κ3) is 3.83. The van der Waals surface area contributed by atoms with E-state index in [4.69, 9.17) is 0 Å². The Kier molecular flexibility index (Phi) is 4.90. The van der Waals surface area contributed by atoms with E-state index in [0.717, 1.165) is 50.1 Å². The van der Waals surface area contributed by atoms with E-state index < -0.39 is 0 Å². The average molecular weight is 386 g/mol. The van der Waals surface area contributed by atoms with E-state index in [-0.39, 0.29) is 11.8 Å². The smallest absolute Gasteiger partial charge is 0.228 e. The maximum atomic E-state index is 13.0. The zero-order chi connectivity index (χ0) is 19.6. The molecule has 0 spiro atoms. The molecule has 1 saturated heterocycles. The summed E-state index contributed by atoms with van der Waals surface area (Å²) in [6, 6.07) is 19.0. The van der Waals surface area contributed by atoms with Gasteiger partial charge in [-0.1, -0.05) is 30.3 Å². The number of likely N-dealkylation sites (tertiary alicyclic amines) is 1. The van der Waals surface area contributed by atoms with Crippen molar-refractivity contribution in [3.05, 3.63) is 78.1 Å². The van der Waals surface area contributed by atoms with Crippen molar-refractivity contribution in [1.29, 1.82) is 0 Å². The second kappa shape index (κ2) is 7.84. The maximum Gasteiger partial charge on any atom is 0.228 e. The van der Waals surface area contributed by atoms with Gasteiger partial charge in [-0.25, -0.2) is 4.68 Å². The third-order valence-electron chi connectivity index (χ3n) is 6.25. The minimum absolute atomic E-state index is 0.0424. The van der Waals surface area contributed by atoms with E-state index in [2.05, 4.69) is 39.6 Å². The number of carbonyl (C=O) groups is 1. The average Bonchev–Trinajstić information content (AvgIpc) is 3.44. The summed E-state index contributed by atoms with van der Waals surface area (Å²) >= 11 is 0. The minimum atomic E-state index is 0.0424. The van der Waals surface area contributed by atoms with Gasteiger partial charge < -0.3 is 5.32 Å². The van der Waals surface area contributed by atoms with Crippen LogP contribution in [-0.2, 0) is 17.6 Å². The van der Waals surface area contributed by atoms with Crippen LogP contribution in [0.5, 0.6) is 0 Å². The summed E-state index contributed by atoms with van der Waals surface area (Å²) in [4.78, 5) is 15.5. The summed E-state index contributed by atoms with van der Waals surface area (Å²) in [5.74, 6) is 0.170. The fourth-order valence-corrected chi connectivity index (χ4v) is 4.74. The van der Waals surface area contributed by atoms with Gasteiger partial charge in [0.1, 0.15) is 0 Å². The second-order valence-electron chi connectivity index (χ2n) is 8.16. The standard InChI is InChI=1S/C24H26N4O/c29-24(26-21-9-3-10-22(16-21)28-13-5-11-25-28)20-8-4-12-27(17-20)23-14-18-6-1-2-7-19(18)15-23/h1-3,5-7,9-11,13,16,20,23H,4,8,12,14-15,17H2,(H,26,29)/t20-/m1/s1. The highest BCUT2D eigenvalue weighted by atomic mass is 16.1. The van der Waals surface area contributed by atoms with Gasteiger partial charge in [-0.15, -0.1) is 0 Å². The molecule has 2 aliphatic rings. The second-order valence-corrected chi connectivity index (χ2v) is 8.16. The summed E-state index contributed by atoms with van der Waals surface area (Å²) in [5.41, 5.74) is 4.72. The van der Waals surface area contributed by atoms with Gasteiger partial charge in [0.15, 0.2) is 0 Å². The Hall–Kier alpha value is -2.92. The van der Waals surface area contributed by atoms with E-state index >= 15 is 0 Å². The molecule has 1 fully saturated rings. The largest absolute Gasteiger partial charge is 0.326 e. The van der Waals surface area contributed by atoms with Gasteiger partial charge in [0, 0.05) is 30.7 Å². The molecule has 1 amide bonds. The van der Waals surface area contributed by atoms with Crippen molar-refractivity contribution >= 4 is 11.6 Å². The highest BCUT2D eigenvalue weighted by Gasteiger charge is 2.32. The Balaban J connectivity index is 1.23. The number of benzene rings is 2. The zero-order valence-electron chi connectivity index (χ0n) is 16.5. The quantitative estimate of drug-likeness (QED) is 0.744. The molecule has 1 N–H and O–H groups in total. The van der Waals surface area contributed by atoms with Crippen molar-refractivity contribution in [2.24, 2.45) is 5.92 Å². The number of piperidine rings is 1. The number of anilines is 1. The van der Waals surface area contributed by atoms with Crippen molar-refractivity contribution in [1.82, 2.24) is 14.7 Å². The Labute approximate surface area is 171 Å². The molecule has 5 nitrogen and oxygen atoms in total. The molecule has 0 saturated carbocycles. The molecular formula is C24H26N4O. The molecule has 148 valence electrons. The first-order valence-electron chi connectivity index (χ1n) is 10.5. The van der Waals surface area contributed by atoms with Gasteiger partial charge in [-0.2, -0.15) is 5.10 Å². The first-order valence-corrected chi connectivity index (χ1v) is 10.5. The van der Waals surface area contributed by atoms with Gasteiger partial charge in [0.05, 0.1) is 11.6 Å². The number of aromatic nitrogens is 2. The topological polar surface area (TPSA) is 50.2 Å². The number of rotatable bonds is 4. The first-order chi connectivity index (χ1) is 14.3. The molecule has 2 heterocycles. The number of hydrogen-bond donors (Lipinski definition) is 1. The predicted molar refractivity (Wildman–Crippen MR) is 114 cm³/mol. The van der Waals surface area contributed by atoms with Gasteiger partial charge >= 0.3 is 0 Å². The van der Waals surface area contributed by atoms with Crippen LogP contribution in [0.2, 0.25) is 0 Å². The van der Waals surface area contributed by atoms with Crippen LogP contribution in [-0.4, -0.2) is 39.7 Å². The van der Waals surface area contributed by atoms with Crippen LogP contribution in [0, 0.1) is 5.92 Å². The molecule has 1 aromatic heterocycles. The van der Waals surface area contributed by atoms with Crippen molar-refractivity contribution in [3.8, 4) is 5.69 Å². The molecule has 2 aromatic carbocycles. The van der Waals surface area contributed by atoms with Crippen LogP contribution in [0.15, 0.2) is 67.0 Å². The Morgan fingerprint density at radius 2 is 1.86 bits per heavy atom. The lowest BCUT2D eigenvalue weighted by Crippen LogP contribution is -2.46. The van der Waals surface area contributed by atoms with E-state index in [1.165, 1.54) is 11.1 Å². The van der Waals surface area contributed by atoms with E-state index in [1.807, 2.05) is 36.5 Å². The summed E-state index contributed by atoms with van der Waals surface area (Å²) in [5, 5.41) is 7.40. The minimum Gasteiger partial charge on any atom is -0.326 e. The van der Waals surface area contributed by atoms with Crippen LogP contribution < -0.4 is 5.32 Å². The third-order valence-corrected chi connectivity index (χ3v) is 6.25. The molecule has 29 heavy (non-hydrogen) atoms. The summed E-state index contributed by atoms with van der Waals surface area (Å²) in [6.45, 7) is 1.94. The van der Waals surface area contributed by atoms with Crippen LogP contribution in [0.4, 0.5) is 5.69 Å². The summed E-state index contributed by atoms with van der Waals surface area (Å²) in [6.07, 6.45) is 7.91. The normalized spacial score (nSPS) is 19.8. The molecule has 0 bridgehead atoms. The lowest BCUT2D eigenvalue weighted by Gasteiger charge is -2.36. The fraction of sp³-hybridized carbons (Fsp3) is 0.333. The number of fused-ring (bicyclic) bond motifs is 1. The molecule has 1 aliphatic heterocycles. The predicted octanol–water partition coefficient (Wildman–Crippen LogP) is 3.69. The van der Waals surface area contributed by atoms with E-state index in [1.54, 1.807) is 10.9 Å². The van der Waals surface area contributed by atoms with Crippen LogP contribution in [0.25, 0.3) is 5.69 Å². The first kappa shape index (κ1) is 18.1. The monoisotopic (exact) mass is 386 g/mol. The highest BCUT2D eigenvalue weighted by Crippen LogP contribution is 2.29.